The molecule has 6 heteroatoms. The van der Waals surface area contributed by atoms with Gasteiger partial charge >= 0.3 is 5.97 Å². The van der Waals surface area contributed by atoms with E-state index in [1.54, 1.807) is 30.3 Å². The highest BCUT2D eigenvalue weighted by Crippen LogP contribution is 2.23. The van der Waals surface area contributed by atoms with E-state index in [1.807, 2.05) is 19.1 Å². The zero-order chi connectivity index (χ0) is 23.9. The van der Waals surface area contributed by atoms with Crippen molar-refractivity contribution in [2.24, 2.45) is 5.10 Å². The van der Waals surface area contributed by atoms with Crippen molar-refractivity contribution < 1.29 is 14.3 Å². The van der Waals surface area contributed by atoms with E-state index in [2.05, 4.69) is 33.4 Å². The first-order chi connectivity index (χ1) is 16.0. The molecule has 1 N–H and O–H groups in total. The van der Waals surface area contributed by atoms with Crippen molar-refractivity contribution in [3.05, 3.63) is 63.6 Å². The Kier molecular flexibility index (Phi) is 12.5. The van der Waals surface area contributed by atoms with Crippen molar-refractivity contribution in [1.82, 2.24) is 5.43 Å². The summed E-state index contributed by atoms with van der Waals surface area (Å²) in [7, 11) is 0. The third-order valence-corrected chi connectivity index (χ3v) is 5.93. The van der Waals surface area contributed by atoms with Crippen molar-refractivity contribution in [1.29, 1.82) is 0 Å². The number of hydrogen-bond donors (Lipinski definition) is 1. The average molecular weight is 515 g/mol. The van der Waals surface area contributed by atoms with Crippen LogP contribution in [0.2, 0.25) is 0 Å². The lowest BCUT2D eigenvalue weighted by molar-refractivity contribution is -0.121. The minimum atomic E-state index is -0.431. The van der Waals surface area contributed by atoms with Crippen LogP contribution < -0.4 is 10.2 Å². The second-order valence-electron chi connectivity index (χ2n) is 8.26. The summed E-state index contributed by atoms with van der Waals surface area (Å²) in [5.74, 6) is -0.162. The molecule has 0 saturated carbocycles. The van der Waals surface area contributed by atoms with Crippen molar-refractivity contribution >= 4 is 34.0 Å². The Balaban J connectivity index is 1.78. The number of carbonyl (C=O) groups is 2. The minimum absolute atomic E-state index is 0.109. The Morgan fingerprint density at radius 3 is 2.33 bits per heavy atom. The lowest BCUT2D eigenvalue weighted by Crippen LogP contribution is -2.17. The highest BCUT2D eigenvalue weighted by atomic mass is 79.9. The van der Waals surface area contributed by atoms with Gasteiger partial charge in [0, 0.05) is 16.5 Å². The van der Waals surface area contributed by atoms with Gasteiger partial charge in [0.25, 0.3) is 0 Å². The molecule has 2 aromatic carbocycles. The average Bonchev–Trinajstić information content (AvgIpc) is 2.80. The van der Waals surface area contributed by atoms with Gasteiger partial charge < -0.3 is 4.74 Å². The number of aryl methyl sites for hydroxylation is 1. The summed E-state index contributed by atoms with van der Waals surface area (Å²) in [6, 6.07) is 12.6. The Morgan fingerprint density at radius 1 is 0.970 bits per heavy atom. The highest BCUT2D eigenvalue weighted by Gasteiger charge is 2.13. The quantitative estimate of drug-likeness (QED) is 0.0941. The van der Waals surface area contributed by atoms with Crippen LogP contribution in [0.15, 0.2) is 52.0 Å². The molecule has 0 saturated heterocycles. The molecule has 0 aliphatic carbocycles. The fraction of sp³-hybridized carbons (Fsp3) is 0.444. The van der Waals surface area contributed by atoms with Gasteiger partial charge in [-0.15, -0.1) is 0 Å². The predicted molar refractivity (Wildman–Crippen MR) is 138 cm³/mol. The molecule has 1 amide bonds. The third-order valence-electron chi connectivity index (χ3n) is 5.44. The minimum Gasteiger partial charge on any atom is -0.422 e. The van der Waals surface area contributed by atoms with E-state index in [0.717, 1.165) is 22.9 Å². The molecule has 33 heavy (non-hydrogen) atoms. The Bertz CT molecular complexity index is 927. The smallest absolute Gasteiger partial charge is 0.343 e. The topological polar surface area (TPSA) is 67.8 Å². The third kappa shape index (κ3) is 10.3. The number of esters is 1. The predicted octanol–water partition coefficient (Wildman–Crippen LogP) is 7.35. The molecular formula is C27H35BrN2O3. The van der Waals surface area contributed by atoms with Crippen LogP contribution in [0, 0.1) is 6.92 Å². The van der Waals surface area contributed by atoms with Crippen LogP contribution in [0.5, 0.6) is 5.75 Å². The summed E-state index contributed by atoms with van der Waals surface area (Å²) in [5, 5.41) is 4.06. The molecule has 0 aromatic heterocycles. The molecule has 0 fully saturated rings. The number of rotatable bonds is 14. The van der Waals surface area contributed by atoms with Crippen LogP contribution in [-0.2, 0) is 4.79 Å². The number of nitrogens with zero attached hydrogens (tertiary/aromatic N) is 1. The van der Waals surface area contributed by atoms with Crippen LogP contribution in [-0.4, -0.2) is 18.1 Å². The van der Waals surface area contributed by atoms with Crippen LogP contribution in [0.3, 0.4) is 0 Å². The van der Waals surface area contributed by atoms with Gasteiger partial charge in [0.2, 0.25) is 5.91 Å². The first kappa shape index (κ1) is 26.8. The second-order valence-corrected chi connectivity index (χ2v) is 9.17. The highest BCUT2D eigenvalue weighted by molar-refractivity contribution is 9.10. The fourth-order valence-electron chi connectivity index (χ4n) is 3.50. The summed E-state index contributed by atoms with van der Waals surface area (Å²) in [6.45, 7) is 4.10. The van der Waals surface area contributed by atoms with Crippen molar-refractivity contribution in [2.45, 2.75) is 78.1 Å². The second kappa shape index (κ2) is 15.4. The largest absolute Gasteiger partial charge is 0.422 e. The summed E-state index contributed by atoms with van der Waals surface area (Å²) < 4.78 is 6.41. The van der Waals surface area contributed by atoms with Gasteiger partial charge in [-0.1, -0.05) is 92.4 Å². The van der Waals surface area contributed by atoms with Gasteiger partial charge in [0.05, 0.1) is 11.8 Å². The number of carbonyl (C=O) groups excluding carboxylic acids is 2. The van der Waals surface area contributed by atoms with Crippen LogP contribution >= 0.6 is 15.9 Å². The van der Waals surface area contributed by atoms with Gasteiger partial charge in [0.1, 0.15) is 5.75 Å². The van der Waals surface area contributed by atoms with E-state index in [0.29, 0.717) is 23.3 Å². The van der Waals surface area contributed by atoms with Crippen LogP contribution in [0.1, 0.15) is 92.6 Å². The lowest BCUT2D eigenvalue weighted by atomic mass is 10.1. The number of hydrazone groups is 1. The molecule has 0 bridgehead atoms. The Labute approximate surface area is 206 Å². The maximum absolute atomic E-state index is 12.6. The normalized spacial score (nSPS) is 11.0. The van der Waals surface area contributed by atoms with Gasteiger partial charge in [-0.05, 0) is 43.2 Å². The maximum Gasteiger partial charge on any atom is 0.343 e. The first-order valence-electron chi connectivity index (χ1n) is 11.9. The van der Waals surface area contributed by atoms with Gasteiger partial charge in [-0.3, -0.25) is 4.79 Å². The monoisotopic (exact) mass is 514 g/mol. The van der Waals surface area contributed by atoms with Crippen molar-refractivity contribution in [3.8, 4) is 5.75 Å². The SMILES string of the molecule is CCCCCCCCCCCC(=O)N/N=C/c1cc(Br)ccc1OC(=O)c1ccccc1C. The van der Waals surface area contributed by atoms with Crippen LogP contribution in [0.4, 0.5) is 0 Å². The summed E-state index contributed by atoms with van der Waals surface area (Å²) in [4.78, 5) is 24.6. The molecule has 0 heterocycles. The lowest BCUT2D eigenvalue weighted by Gasteiger charge is -2.09. The van der Waals surface area contributed by atoms with E-state index in [9.17, 15) is 9.59 Å². The van der Waals surface area contributed by atoms with E-state index in [4.69, 9.17) is 4.74 Å². The zero-order valence-corrected chi connectivity index (χ0v) is 21.3. The number of unbranched alkanes of at least 4 members (excludes halogenated alkanes) is 8. The van der Waals surface area contributed by atoms with E-state index >= 15 is 0 Å². The molecular weight excluding hydrogens is 480 g/mol. The Hall–Kier alpha value is -2.47. The summed E-state index contributed by atoms with van der Waals surface area (Å²) in [6.07, 6.45) is 12.9. The summed E-state index contributed by atoms with van der Waals surface area (Å²) in [5.41, 5.74) is 4.52. The van der Waals surface area contributed by atoms with E-state index in [-0.39, 0.29) is 5.91 Å². The number of amides is 1. The van der Waals surface area contributed by atoms with E-state index < -0.39 is 5.97 Å². The van der Waals surface area contributed by atoms with Crippen LogP contribution in [0.25, 0.3) is 0 Å². The molecule has 0 aliphatic heterocycles. The molecule has 0 atom stereocenters. The first-order valence-corrected chi connectivity index (χ1v) is 12.7. The number of halogens is 1. The van der Waals surface area contributed by atoms with E-state index in [1.165, 1.54) is 51.2 Å². The standard InChI is InChI=1S/C27H35BrN2O3/c1-3-4-5-6-7-8-9-10-11-16-26(31)30-29-20-22-19-23(28)17-18-25(22)33-27(32)24-15-13-12-14-21(24)2/h12-15,17-20H,3-11,16H2,1-2H3,(H,30,31)/b29-20+. The molecule has 2 rings (SSSR count). The molecule has 5 nitrogen and oxygen atoms in total. The van der Waals surface area contributed by atoms with Gasteiger partial charge in [-0.2, -0.15) is 5.10 Å². The Morgan fingerprint density at radius 2 is 1.64 bits per heavy atom. The maximum atomic E-state index is 12.6. The number of ether oxygens (including phenoxy) is 1. The van der Waals surface area contributed by atoms with Crippen molar-refractivity contribution in [3.63, 3.8) is 0 Å². The van der Waals surface area contributed by atoms with Gasteiger partial charge in [0.15, 0.2) is 0 Å². The molecule has 0 aliphatic rings. The number of hydrogen-bond acceptors (Lipinski definition) is 4. The van der Waals surface area contributed by atoms with Gasteiger partial charge in [-0.25, -0.2) is 10.2 Å². The molecule has 2 aromatic rings. The van der Waals surface area contributed by atoms with Crippen molar-refractivity contribution in [2.75, 3.05) is 0 Å². The summed E-state index contributed by atoms with van der Waals surface area (Å²) >= 11 is 3.42. The molecule has 178 valence electrons. The molecule has 0 radical (unpaired) electrons. The fourth-order valence-corrected chi connectivity index (χ4v) is 3.87. The number of nitrogens with one attached hydrogen (secondary N) is 1. The number of benzene rings is 2. The molecule has 0 unspecified atom stereocenters. The molecule has 0 spiro atoms. The zero-order valence-electron chi connectivity index (χ0n) is 19.7.